The third-order valence-electron chi connectivity index (χ3n) is 9.37. The molecule has 4 aliphatic carbocycles. The second-order valence-corrected chi connectivity index (χ2v) is 13.3. The number of thioether (sulfide) groups is 1. The Bertz CT molecular complexity index is 1570. The van der Waals surface area contributed by atoms with Crippen LogP contribution in [0.2, 0.25) is 0 Å². The topological polar surface area (TPSA) is 84.9 Å². The van der Waals surface area contributed by atoms with Gasteiger partial charge in [0.25, 0.3) is 17.1 Å². The summed E-state index contributed by atoms with van der Waals surface area (Å²) in [6.45, 7) is 0.134. The van der Waals surface area contributed by atoms with Crippen LogP contribution in [0, 0.1) is 17.8 Å². The van der Waals surface area contributed by atoms with E-state index in [2.05, 4.69) is 5.32 Å². The van der Waals surface area contributed by atoms with Gasteiger partial charge in [-0.05, 0) is 108 Å². The number of imide groups is 1. The largest absolute Gasteiger partial charge is 0.493 e. The van der Waals surface area contributed by atoms with Crippen LogP contribution in [0.15, 0.2) is 65.6 Å². The molecule has 1 aliphatic heterocycles. The summed E-state index contributed by atoms with van der Waals surface area (Å²) >= 11 is 0.933. The van der Waals surface area contributed by atoms with Gasteiger partial charge in [-0.1, -0.05) is 48.5 Å². The van der Waals surface area contributed by atoms with Crippen LogP contribution >= 0.6 is 11.8 Å². The molecule has 8 rings (SSSR count). The summed E-state index contributed by atoms with van der Waals surface area (Å²) in [4.78, 5) is 40.6. The molecule has 5 aliphatic rings. The molecule has 216 valence electrons. The van der Waals surface area contributed by atoms with Crippen LogP contribution in [-0.2, 0) is 16.1 Å². The maximum absolute atomic E-state index is 13.2. The van der Waals surface area contributed by atoms with Crippen LogP contribution < -0.4 is 14.8 Å². The molecule has 0 spiro atoms. The van der Waals surface area contributed by atoms with Crippen molar-refractivity contribution in [3.8, 4) is 11.5 Å². The van der Waals surface area contributed by atoms with E-state index in [9.17, 15) is 14.4 Å². The van der Waals surface area contributed by atoms with Gasteiger partial charge in [0.05, 0.1) is 18.6 Å². The Morgan fingerprint density at radius 3 is 2.43 bits per heavy atom. The van der Waals surface area contributed by atoms with Crippen LogP contribution in [0.5, 0.6) is 11.5 Å². The van der Waals surface area contributed by atoms with Crippen LogP contribution in [0.4, 0.5) is 4.79 Å². The number of benzene rings is 3. The molecule has 1 N–H and O–H groups in total. The number of carbonyl (C=O) groups is 3. The summed E-state index contributed by atoms with van der Waals surface area (Å²) in [5, 5.41) is 5.14. The number of hydrogen-bond donors (Lipinski definition) is 1. The Morgan fingerprint density at radius 1 is 0.976 bits per heavy atom. The summed E-state index contributed by atoms with van der Waals surface area (Å²) in [7, 11) is 1.54. The second-order valence-electron chi connectivity index (χ2n) is 12.4. The lowest BCUT2D eigenvalue weighted by atomic mass is 9.53. The van der Waals surface area contributed by atoms with Crippen molar-refractivity contribution in [2.75, 3.05) is 13.7 Å². The predicted octanol–water partition coefficient (Wildman–Crippen LogP) is 6.55. The molecule has 4 saturated carbocycles. The molecule has 0 aromatic heterocycles. The Kier molecular flexibility index (Phi) is 6.97. The summed E-state index contributed by atoms with van der Waals surface area (Å²) in [5.74, 6) is 2.77. The van der Waals surface area contributed by atoms with Crippen molar-refractivity contribution >= 4 is 45.7 Å². The Labute approximate surface area is 249 Å². The third-order valence-corrected chi connectivity index (χ3v) is 10.3. The molecular formula is C34H34N2O5S. The van der Waals surface area contributed by atoms with Crippen LogP contribution in [-0.4, -0.2) is 41.2 Å². The van der Waals surface area contributed by atoms with Crippen LogP contribution in [0.3, 0.4) is 0 Å². The van der Waals surface area contributed by atoms with E-state index >= 15 is 0 Å². The molecule has 0 atom stereocenters. The van der Waals surface area contributed by atoms with Crippen LogP contribution in [0.25, 0.3) is 16.8 Å². The monoisotopic (exact) mass is 582 g/mol. The number of amides is 3. The fourth-order valence-electron chi connectivity index (χ4n) is 8.02. The highest BCUT2D eigenvalue weighted by Gasteiger charge is 2.51. The minimum absolute atomic E-state index is 0.0558. The average Bonchev–Trinajstić information content (AvgIpc) is 3.22. The van der Waals surface area contributed by atoms with Crippen molar-refractivity contribution in [2.24, 2.45) is 17.8 Å². The van der Waals surface area contributed by atoms with Gasteiger partial charge >= 0.3 is 0 Å². The third kappa shape index (κ3) is 5.17. The highest BCUT2D eigenvalue weighted by atomic mass is 32.2. The number of methoxy groups -OCH3 is 1. The molecule has 0 unspecified atom stereocenters. The van der Waals surface area contributed by atoms with Crippen molar-refractivity contribution in [3.63, 3.8) is 0 Å². The van der Waals surface area contributed by atoms with Crippen LogP contribution in [0.1, 0.15) is 49.7 Å². The average molecular weight is 583 g/mol. The molecule has 5 fully saturated rings. The zero-order chi connectivity index (χ0) is 28.8. The maximum Gasteiger partial charge on any atom is 0.293 e. The number of carbonyl (C=O) groups excluding carboxylic acids is 3. The molecular weight excluding hydrogens is 548 g/mol. The van der Waals surface area contributed by atoms with Gasteiger partial charge in [0.2, 0.25) is 0 Å². The standard InChI is InChI=1S/C34H34N2O5S/c1-40-29-14-21(9-10-28(29)41-20-31(37)35-34-16-22-11-23(17-34)13-24(12-22)18-34)15-30-32(38)36(33(39)42-30)19-26-7-4-6-25-5-2-3-8-27(25)26/h2-10,14-15,22-24H,11-13,16-20H2,1H3,(H,35,37)/b30-15-. The molecule has 3 aromatic rings. The van der Waals surface area contributed by atoms with E-state index in [4.69, 9.17) is 9.47 Å². The fraction of sp³-hybridized carbons (Fsp3) is 0.382. The Morgan fingerprint density at radius 2 is 1.69 bits per heavy atom. The van der Waals surface area contributed by atoms with Gasteiger partial charge in [0.1, 0.15) is 0 Å². The van der Waals surface area contributed by atoms with E-state index in [0.717, 1.165) is 65.1 Å². The number of hydrogen-bond acceptors (Lipinski definition) is 6. The van der Waals surface area contributed by atoms with Gasteiger partial charge in [-0.3, -0.25) is 19.3 Å². The number of nitrogens with zero attached hydrogens (tertiary/aromatic N) is 1. The summed E-state index contributed by atoms with van der Waals surface area (Å²) < 4.78 is 11.4. The predicted molar refractivity (Wildman–Crippen MR) is 163 cm³/mol. The maximum atomic E-state index is 13.2. The van der Waals surface area contributed by atoms with Crippen molar-refractivity contribution in [3.05, 3.63) is 76.7 Å². The van der Waals surface area contributed by atoms with E-state index in [-0.39, 0.29) is 35.7 Å². The van der Waals surface area contributed by atoms with Gasteiger partial charge in [-0.15, -0.1) is 0 Å². The van der Waals surface area contributed by atoms with Gasteiger partial charge < -0.3 is 14.8 Å². The Hall–Kier alpha value is -3.78. The van der Waals surface area contributed by atoms with E-state index < -0.39 is 0 Å². The first kappa shape index (κ1) is 27.1. The molecule has 4 bridgehead atoms. The SMILES string of the molecule is COc1cc(/C=C2\SC(=O)N(Cc3cccc4ccccc34)C2=O)ccc1OCC(=O)NC12CC3CC(CC(C3)C1)C2. The minimum atomic E-state index is -0.321. The van der Waals surface area contributed by atoms with E-state index in [1.807, 2.05) is 42.5 Å². The van der Waals surface area contributed by atoms with Crippen molar-refractivity contribution in [1.82, 2.24) is 10.2 Å². The first-order chi connectivity index (χ1) is 20.4. The van der Waals surface area contributed by atoms with Gasteiger partial charge in [0, 0.05) is 5.54 Å². The lowest BCUT2D eigenvalue weighted by molar-refractivity contribution is -0.129. The molecule has 3 amide bonds. The smallest absolute Gasteiger partial charge is 0.293 e. The molecule has 42 heavy (non-hydrogen) atoms. The van der Waals surface area contributed by atoms with E-state index in [1.54, 1.807) is 31.4 Å². The van der Waals surface area contributed by atoms with Gasteiger partial charge in [-0.25, -0.2) is 0 Å². The highest BCUT2D eigenvalue weighted by Crippen LogP contribution is 2.55. The molecule has 1 heterocycles. The van der Waals surface area contributed by atoms with Gasteiger partial charge in [-0.2, -0.15) is 0 Å². The first-order valence-electron chi connectivity index (χ1n) is 14.7. The lowest BCUT2D eigenvalue weighted by Gasteiger charge is -2.56. The van der Waals surface area contributed by atoms with Crippen molar-refractivity contribution in [2.45, 2.75) is 50.6 Å². The van der Waals surface area contributed by atoms with Crippen molar-refractivity contribution < 1.29 is 23.9 Å². The summed E-state index contributed by atoms with van der Waals surface area (Å²) in [6.07, 6.45) is 8.95. The van der Waals surface area contributed by atoms with E-state index in [0.29, 0.717) is 22.0 Å². The quantitative estimate of drug-likeness (QED) is 0.303. The number of fused-ring (bicyclic) bond motifs is 1. The Balaban J connectivity index is 1.01. The summed E-state index contributed by atoms with van der Waals surface area (Å²) in [5.41, 5.74) is 1.57. The molecule has 7 nitrogen and oxygen atoms in total. The highest BCUT2D eigenvalue weighted by molar-refractivity contribution is 8.18. The lowest BCUT2D eigenvalue weighted by Crippen LogP contribution is -2.60. The molecule has 3 aromatic carbocycles. The minimum Gasteiger partial charge on any atom is -0.493 e. The molecule has 0 radical (unpaired) electrons. The fourth-order valence-corrected chi connectivity index (χ4v) is 8.86. The first-order valence-corrected chi connectivity index (χ1v) is 15.5. The zero-order valence-electron chi connectivity index (χ0n) is 23.6. The normalized spacial score (nSPS) is 27.2. The number of rotatable bonds is 8. The second kappa shape index (κ2) is 10.8. The molecule has 8 heteroatoms. The van der Waals surface area contributed by atoms with E-state index in [1.165, 1.54) is 24.2 Å². The summed E-state index contributed by atoms with van der Waals surface area (Å²) in [6, 6.07) is 19.1. The number of ether oxygens (including phenoxy) is 2. The zero-order valence-corrected chi connectivity index (χ0v) is 24.5. The molecule has 1 saturated heterocycles. The van der Waals surface area contributed by atoms with Crippen molar-refractivity contribution in [1.29, 1.82) is 0 Å². The van der Waals surface area contributed by atoms with Gasteiger partial charge in [0.15, 0.2) is 18.1 Å². The number of nitrogens with one attached hydrogen (secondary N) is 1.